The van der Waals surface area contributed by atoms with Gasteiger partial charge >= 0.3 is 0 Å². The van der Waals surface area contributed by atoms with Gasteiger partial charge in [0.15, 0.2) is 0 Å². The molecule has 1 amide bonds. The van der Waals surface area contributed by atoms with Crippen molar-refractivity contribution in [2.45, 2.75) is 39.7 Å². The molecule has 0 fully saturated rings. The van der Waals surface area contributed by atoms with E-state index in [1.807, 2.05) is 44.2 Å². The van der Waals surface area contributed by atoms with Gasteiger partial charge in [-0.15, -0.1) is 0 Å². The zero-order valence-electron chi connectivity index (χ0n) is 17.0. The van der Waals surface area contributed by atoms with E-state index in [2.05, 4.69) is 25.2 Å². The minimum atomic E-state index is -0.144. The van der Waals surface area contributed by atoms with Gasteiger partial charge in [0.05, 0.1) is 20.3 Å². The third-order valence-corrected chi connectivity index (χ3v) is 4.62. The molecule has 0 aliphatic rings. The van der Waals surface area contributed by atoms with Crippen LogP contribution in [0.2, 0.25) is 0 Å². The van der Waals surface area contributed by atoms with E-state index in [0.717, 1.165) is 33.8 Å². The van der Waals surface area contributed by atoms with Crippen LogP contribution in [0.3, 0.4) is 0 Å². The van der Waals surface area contributed by atoms with E-state index in [1.54, 1.807) is 20.3 Å². The predicted octanol–water partition coefficient (Wildman–Crippen LogP) is 5.03. The van der Waals surface area contributed by atoms with Crippen LogP contribution in [-0.4, -0.2) is 20.1 Å². The highest BCUT2D eigenvalue weighted by Gasteiger charge is 2.16. The van der Waals surface area contributed by atoms with Crippen LogP contribution in [-0.2, 0) is 4.79 Å². The maximum atomic E-state index is 12.4. The maximum Gasteiger partial charge on any atom is 0.244 e. The normalized spacial score (nSPS) is 12.3. The van der Waals surface area contributed by atoms with Crippen molar-refractivity contribution < 1.29 is 14.3 Å². The fourth-order valence-corrected chi connectivity index (χ4v) is 3.12. The quantitative estimate of drug-likeness (QED) is 0.699. The van der Waals surface area contributed by atoms with E-state index in [9.17, 15) is 4.79 Å². The second-order valence-electron chi connectivity index (χ2n) is 6.91. The molecule has 0 unspecified atom stereocenters. The third-order valence-electron chi connectivity index (χ3n) is 4.62. The molecular formula is C23H29NO3. The molecule has 0 heterocycles. The van der Waals surface area contributed by atoms with Gasteiger partial charge in [-0.2, -0.15) is 0 Å². The summed E-state index contributed by atoms with van der Waals surface area (Å²) < 4.78 is 10.8. The lowest BCUT2D eigenvalue weighted by Gasteiger charge is -2.20. The van der Waals surface area contributed by atoms with E-state index in [1.165, 1.54) is 6.08 Å². The number of rotatable bonds is 7. The number of carbonyl (C=O) groups is 1. The number of carbonyl (C=O) groups excluding carboxylic acids is 1. The Morgan fingerprint density at radius 3 is 2.30 bits per heavy atom. The zero-order valence-corrected chi connectivity index (χ0v) is 17.0. The van der Waals surface area contributed by atoms with Crippen LogP contribution in [0.15, 0.2) is 42.5 Å². The number of methoxy groups -OCH3 is 2. The van der Waals surface area contributed by atoms with E-state index < -0.39 is 0 Å². The largest absolute Gasteiger partial charge is 0.496 e. The standard InChI is InChI=1S/C23H29NO3/c1-15(2)19-14-20(16(3)13-22(19)27-6)17(4)24-23(25)12-11-18-9-7-8-10-21(18)26-5/h7-15,17H,1-6H3,(H,24,25)/b12-11+/t17-/m1/s1. The fraction of sp³-hybridized carbons (Fsp3) is 0.348. The molecule has 0 saturated heterocycles. The second kappa shape index (κ2) is 9.26. The molecule has 2 aromatic rings. The first kappa shape index (κ1) is 20.6. The van der Waals surface area contributed by atoms with Crippen molar-refractivity contribution in [3.05, 3.63) is 64.7 Å². The number of nitrogens with one attached hydrogen (secondary N) is 1. The van der Waals surface area contributed by atoms with Crippen molar-refractivity contribution in [2.24, 2.45) is 0 Å². The molecule has 1 atom stereocenters. The van der Waals surface area contributed by atoms with Crippen molar-refractivity contribution >= 4 is 12.0 Å². The van der Waals surface area contributed by atoms with E-state index in [4.69, 9.17) is 9.47 Å². The number of hydrogen-bond acceptors (Lipinski definition) is 3. The van der Waals surface area contributed by atoms with Gasteiger partial charge in [-0.05, 0) is 60.7 Å². The van der Waals surface area contributed by atoms with Gasteiger partial charge in [-0.25, -0.2) is 0 Å². The number of hydrogen-bond donors (Lipinski definition) is 1. The van der Waals surface area contributed by atoms with Gasteiger partial charge in [0.2, 0.25) is 5.91 Å². The Bertz CT molecular complexity index is 824. The molecule has 2 rings (SSSR count). The monoisotopic (exact) mass is 367 g/mol. The predicted molar refractivity (Wildman–Crippen MR) is 110 cm³/mol. The summed E-state index contributed by atoms with van der Waals surface area (Å²) in [5.74, 6) is 1.82. The Labute approximate surface area is 162 Å². The minimum Gasteiger partial charge on any atom is -0.496 e. The summed E-state index contributed by atoms with van der Waals surface area (Å²) in [7, 11) is 3.31. The minimum absolute atomic E-state index is 0.108. The van der Waals surface area contributed by atoms with Crippen molar-refractivity contribution in [2.75, 3.05) is 14.2 Å². The molecule has 0 bridgehead atoms. The highest BCUT2D eigenvalue weighted by molar-refractivity contribution is 5.92. The lowest BCUT2D eigenvalue weighted by Crippen LogP contribution is -2.25. The summed E-state index contributed by atoms with van der Waals surface area (Å²) in [5.41, 5.74) is 4.20. The van der Waals surface area contributed by atoms with Crippen LogP contribution >= 0.6 is 0 Å². The molecule has 0 saturated carbocycles. The van der Waals surface area contributed by atoms with Crippen LogP contribution in [0.4, 0.5) is 0 Å². The van der Waals surface area contributed by atoms with Crippen LogP contribution in [0.25, 0.3) is 6.08 Å². The molecule has 0 aliphatic heterocycles. The molecule has 0 aliphatic carbocycles. The average molecular weight is 367 g/mol. The lowest BCUT2D eigenvalue weighted by molar-refractivity contribution is -0.117. The Hall–Kier alpha value is -2.75. The van der Waals surface area contributed by atoms with Crippen LogP contribution < -0.4 is 14.8 Å². The van der Waals surface area contributed by atoms with Gasteiger partial charge in [0.1, 0.15) is 11.5 Å². The van der Waals surface area contributed by atoms with Gasteiger partial charge < -0.3 is 14.8 Å². The first-order valence-corrected chi connectivity index (χ1v) is 9.17. The highest BCUT2D eigenvalue weighted by Crippen LogP contribution is 2.32. The SMILES string of the molecule is COc1ccccc1/C=C/C(=O)N[C@H](C)c1cc(C(C)C)c(OC)cc1C. The summed E-state index contributed by atoms with van der Waals surface area (Å²) in [6, 6.07) is 11.7. The lowest BCUT2D eigenvalue weighted by atomic mass is 9.93. The van der Waals surface area contributed by atoms with Gasteiger partial charge in [0, 0.05) is 11.6 Å². The first-order chi connectivity index (χ1) is 12.9. The molecular weight excluding hydrogens is 338 g/mol. The van der Waals surface area contributed by atoms with E-state index >= 15 is 0 Å². The molecule has 2 aromatic carbocycles. The Morgan fingerprint density at radius 2 is 1.67 bits per heavy atom. The van der Waals surface area contributed by atoms with Crippen molar-refractivity contribution in [1.82, 2.24) is 5.32 Å². The topological polar surface area (TPSA) is 47.6 Å². The Kier molecular flexibility index (Phi) is 7.05. The van der Waals surface area contributed by atoms with Crippen molar-refractivity contribution in [3.8, 4) is 11.5 Å². The van der Waals surface area contributed by atoms with E-state index in [-0.39, 0.29) is 11.9 Å². The summed E-state index contributed by atoms with van der Waals surface area (Å²) in [5, 5.41) is 3.04. The Balaban J connectivity index is 2.17. The van der Waals surface area contributed by atoms with Crippen LogP contribution in [0, 0.1) is 6.92 Å². The average Bonchev–Trinajstić information content (AvgIpc) is 2.65. The number of ether oxygens (including phenoxy) is 2. The highest BCUT2D eigenvalue weighted by atomic mass is 16.5. The zero-order chi connectivity index (χ0) is 20.0. The number of aryl methyl sites for hydroxylation is 1. The van der Waals surface area contributed by atoms with Gasteiger partial charge in [-0.3, -0.25) is 4.79 Å². The molecule has 1 N–H and O–H groups in total. The van der Waals surface area contributed by atoms with Gasteiger partial charge in [0.25, 0.3) is 0 Å². The van der Waals surface area contributed by atoms with E-state index in [0.29, 0.717) is 5.92 Å². The molecule has 0 spiro atoms. The number of amides is 1. The van der Waals surface area contributed by atoms with Crippen LogP contribution in [0.5, 0.6) is 11.5 Å². The van der Waals surface area contributed by atoms with Crippen molar-refractivity contribution in [3.63, 3.8) is 0 Å². The number of para-hydroxylation sites is 1. The molecule has 0 radical (unpaired) electrons. The maximum absolute atomic E-state index is 12.4. The number of benzene rings is 2. The molecule has 144 valence electrons. The molecule has 4 nitrogen and oxygen atoms in total. The Morgan fingerprint density at radius 1 is 1.00 bits per heavy atom. The molecule has 0 aromatic heterocycles. The summed E-state index contributed by atoms with van der Waals surface area (Å²) in [6.07, 6.45) is 3.30. The second-order valence-corrected chi connectivity index (χ2v) is 6.91. The van der Waals surface area contributed by atoms with Gasteiger partial charge in [-0.1, -0.05) is 32.0 Å². The fourth-order valence-electron chi connectivity index (χ4n) is 3.12. The molecule has 4 heteroatoms. The third kappa shape index (κ3) is 5.13. The summed E-state index contributed by atoms with van der Waals surface area (Å²) >= 11 is 0. The summed E-state index contributed by atoms with van der Waals surface area (Å²) in [6.45, 7) is 8.30. The molecule has 27 heavy (non-hydrogen) atoms. The van der Waals surface area contributed by atoms with Crippen LogP contribution in [0.1, 0.15) is 55.0 Å². The van der Waals surface area contributed by atoms with Crippen molar-refractivity contribution in [1.29, 1.82) is 0 Å². The first-order valence-electron chi connectivity index (χ1n) is 9.17. The summed E-state index contributed by atoms with van der Waals surface area (Å²) in [4.78, 5) is 12.4. The smallest absolute Gasteiger partial charge is 0.244 e.